The minimum atomic E-state index is -3.97. The highest BCUT2D eigenvalue weighted by Crippen LogP contribution is 2.28. The summed E-state index contributed by atoms with van der Waals surface area (Å²) in [5.41, 5.74) is 0.565. The Morgan fingerprint density at radius 2 is 1.90 bits per heavy atom. The topological polar surface area (TPSA) is 55.4 Å². The van der Waals surface area contributed by atoms with Gasteiger partial charge in [0.1, 0.15) is 16.5 Å². The van der Waals surface area contributed by atoms with E-state index in [2.05, 4.69) is 4.72 Å². The van der Waals surface area contributed by atoms with Crippen molar-refractivity contribution >= 4 is 27.3 Å². The number of rotatable bonds is 4. The van der Waals surface area contributed by atoms with Crippen molar-refractivity contribution < 1.29 is 17.5 Å². The van der Waals surface area contributed by atoms with Crippen molar-refractivity contribution in [3.8, 4) is 5.75 Å². The van der Waals surface area contributed by atoms with Crippen LogP contribution in [-0.2, 0) is 10.0 Å². The largest absolute Gasteiger partial charge is 0.495 e. The highest BCUT2D eigenvalue weighted by Gasteiger charge is 2.21. The molecule has 2 aromatic rings. The molecule has 0 fully saturated rings. The van der Waals surface area contributed by atoms with Gasteiger partial charge in [0.05, 0.1) is 12.8 Å². The van der Waals surface area contributed by atoms with Crippen LogP contribution in [0.2, 0.25) is 5.02 Å². The molecule has 4 nitrogen and oxygen atoms in total. The van der Waals surface area contributed by atoms with E-state index in [-0.39, 0.29) is 21.4 Å². The van der Waals surface area contributed by atoms with Gasteiger partial charge in [-0.3, -0.25) is 4.72 Å². The molecule has 0 bridgehead atoms. The minimum absolute atomic E-state index is 0.0562. The Labute approximate surface area is 127 Å². The lowest BCUT2D eigenvalue weighted by atomic mass is 10.2. The number of halogens is 2. The van der Waals surface area contributed by atoms with Crippen LogP contribution in [0.15, 0.2) is 41.3 Å². The average molecular weight is 330 g/mol. The Bertz CT molecular complexity index is 778. The molecule has 0 radical (unpaired) electrons. The minimum Gasteiger partial charge on any atom is -0.495 e. The molecule has 0 unspecified atom stereocenters. The van der Waals surface area contributed by atoms with Crippen LogP contribution in [0.25, 0.3) is 0 Å². The summed E-state index contributed by atoms with van der Waals surface area (Å²) in [7, 11) is -2.60. The molecule has 0 saturated carbocycles. The van der Waals surface area contributed by atoms with E-state index < -0.39 is 15.8 Å². The van der Waals surface area contributed by atoms with Gasteiger partial charge in [-0.25, -0.2) is 12.8 Å². The van der Waals surface area contributed by atoms with E-state index in [1.54, 1.807) is 19.1 Å². The number of benzene rings is 2. The van der Waals surface area contributed by atoms with E-state index in [1.165, 1.54) is 25.3 Å². The molecule has 0 aliphatic carbocycles. The van der Waals surface area contributed by atoms with E-state index in [4.69, 9.17) is 16.3 Å². The molecule has 21 heavy (non-hydrogen) atoms. The summed E-state index contributed by atoms with van der Waals surface area (Å²) < 4.78 is 45.7. The van der Waals surface area contributed by atoms with Crippen LogP contribution in [0.5, 0.6) is 5.75 Å². The fourth-order valence-electron chi connectivity index (χ4n) is 1.77. The summed E-state index contributed by atoms with van der Waals surface area (Å²) in [6, 6.07) is 8.41. The summed E-state index contributed by atoms with van der Waals surface area (Å²) in [6.07, 6.45) is 0. The Morgan fingerprint density at radius 1 is 1.19 bits per heavy atom. The van der Waals surface area contributed by atoms with E-state index in [0.717, 1.165) is 11.6 Å². The lowest BCUT2D eigenvalue weighted by Crippen LogP contribution is -2.15. The second kappa shape index (κ2) is 5.91. The van der Waals surface area contributed by atoms with Crippen molar-refractivity contribution in [3.63, 3.8) is 0 Å². The zero-order chi connectivity index (χ0) is 15.6. The lowest BCUT2D eigenvalue weighted by molar-refractivity contribution is 0.402. The van der Waals surface area contributed by atoms with Crippen LogP contribution in [0.4, 0.5) is 10.1 Å². The van der Waals surface area contributed by atoms with Crippen molar-refractivity contribution in [3.05, 3.63) is 52.8 Å². The summed E-state index contributed by atoms with van der Waals surface area (Å²) >= 11 is 5.64. The highest BCUT2D eigenvalue weighted by atomic mass is 35.5. The fourth-order valence-corrected chi connectivity index (χ4v) is 3.25. The molecular formula is C14H13ClFNO3S. The molecule has 2 rings (SSSR count). The Kier molecular flexibility index (Phi) is 4.39. The number of hydrogen-bond donors (Lipinski definition) is 1. The third kappa shape index (κ3) is 3.46. The monoisotopic (exact) mass is 329 g/mol. The van der Waals surface area contributed by atoms with Crippen LogP contribution in [0.1, 0.15) is 5.56 Å². The summed E-state index contributed by atoms with van der Waals surface area (Å²) in [4.78, 5) is -0.0562. The molecule has 7 heteroatoms. The Balaban J connectivity index is 2.45. The maximum atomic E-state index is 13.7. The SMILES string of the molecule is COc1ccc(C)cc1S(=O)(=O)Nc1ccc(Cl)cc1F. The van der Waals surface area contributed by atoms with Gasteiger partial charge in [-0.15, -0.1) is 0 Å². The van der Waals surface area contributed by atoms with Gasteiger partial charge in [0, 0.05) is 5.02 Å². The molecule has 0 atom stereocenters. The number of aryl methyl sites for hydroxylation is 1. The van der Waals surface area contributed by atoms with E-state index in [1.807, 2.05) is 0 Å². The van der Waals surface area contributed by atoms with Crippen LogP contribution < -0.4 is 9.46 Å². The standard InChI is InChI=1S/C14H13ClFNO3S/c1-9-3-6-13(20-2)14(7-9)21(18,19)17-12-5-4-10(15)8-11(12)16/h3-8,17H,1-2H3. The quantitative estimate of drug-likeness (QED) is 0.932. The predicted octanol–water partition coefficient (Wildman–Crippen LogP) is 3.60. The van der Waals surface area contributed by atoms with Gasteiger partial charge in [0.25, 0.3) is 10.0 Å². The molecule has 2 aromatic carbocycles. The molecule has 112 valence electrons. The summed E-state index contributed by atoms with van der Waals surface area (Å²) in [5, 5.41) is 0.184. The number of ether oxygens (including phenoxy) is 1. The smallest absolute Gasteiger partial charge is 0.265 e. The zero-order valence-corrected chi connectivity index (χ0v) is 12.9. The second-order valence-electron chi connectivity index (χ2n) is 4.38. The van der Waals surface area contributed by atoms with E-state index in [0.29, 0.717) is 0 Å². The zero-order valence-electron chi connectivity index (χ0n) is 11.4. The number of nitrogens with one attached hydrogen (secondary N) is 1. The van der Waals surface area contributed by atoms with Crippen molar-refractivity contribution in [1.29, 1.82) is 0 Å². The van der Waals surface area contributed by atoms with Gasteiger partial charge in [0.15, 0.2) is 0 Å². The number of methoxy groups -OCH3 is 1. The molecule has 1 N–H and O–H groups in total. The molecule has 0 amide bonds. The van der Waals surface area contributed by atoms with Gasteiger partial charge < -0.3 is 4.74 Å². The molecule has 0 aromatic heterocycles. The van der Waals surface area contributed by atoms with Crippen molar-refractivity contribution in [2.75, 3.05) is 11.8 Å². The summed E-state index contributed by atoms with van der Waals surface area (Å²) in [5.74, 6) is -0.569. The maximum absolute atomic E-state index is 13.7. The highest BCUT2D eigenvalue weighted by molar-refractivity contribution is 7.92. The number of hydrogen-bond acceptors (Lipinski definition) is 3. The van der Waals surface area contributed by atoms with Crippen LogP contribution in [-0.4, -0.2) is 15.5 Å². The second-order valence-corrected chi connectivity index (χ2v) is 6.47. The van der Waals surface area contributed by atoms with Gasteiger partial charge in [-0.05, 0) is 42.8 Å². The first-order chi connectivity index (χ1) is 9.83. The Morgan fingerprint density at radius 3 is 2.52 bits per heavy atom. The third-order valence-corrected chi connectivity index (χ3v) is 4.41. The molecule has 0 saturated heterocycles. The third-order valence-electron chi connectivity index (χ3n) is 2.78. The van der Waals surface area contributed by atoms with Gasteiger partial charge in [0.2, 0.25) is 0 Å². The molecule has 0 heterocycles. The predicted molar refractivity (Wildman–Crippen MR) is 79.9 cm³/mol. The van der Waals surface area contributed by atoms with Gasteiger partial charge in [-0.2, -0.15) is 0 Å². The van der Waals surface area contributed by atoms with Crippen LogP contribution in [0, 0.1) is 12.7 Å². The van der Waals surface area contributed by atoms with Gasteiger partial charge >= 0.3 is 0 Å². The van der Waals surface area contributed by atoms with E-state index in [9.17, 15) is 12.8 Å². The van der Waals surface area contributed by atoms with Crippen molar-refractivity contribution in [2.24, 2.45) is 0 Å². The molecule has 0 aliphatic heterocycles. The Hall–Kier alpha value is -1.79. The maximum Gasteiger partial charge on any atom is 0.265 e. The molecule has 0 spiro atoms. The normalized spacial score (nSPS) is 11.2. The van der Waals surface area contributed by atoms with Crippen LogP contribution >= 0.6 is 11.6 Å². The first-order valence-electron chi connectivity index (χ1n) is 5.96. The first-order valence-corrected chi connectivity index (χ1v) is 7.82. The van der Waals surface area contributed by atoms with Crippen molar-refractivity contribution in [1.82, 2.24) is 0 Å². The average Bonchev–Trinajstić information content (AvgIpc) is 2.42. The fraction of sp³-hybridized carbons (Fsp3) is 0.143. The lowest BCUT2D eigenvalue weighted by Gasteiger charge is -2.12. The molecular weight excluding hydrogens is 317 g/mol. The number of anilines is 1. The molecule has 0 aliphatic rings. The first kappa shape index (κ1) is 15.6. The van der Waals surface area contributed by atoms with Gasteiger partial charge in [-0.1, -0.05) is 17.7 Å². The van der Waals surface area contributed by atoms with E-state index >= 15 is 0 Å². The summed E-state index contributed by atoms with van der Waals surface area (Å²) in [6.45, 7) is 1.75. The number of sulfonamides is 1. The van der Waals surface area contributed by atoms with Crippen LogP contribution in [0.3, 0.4) is 0 Å². The van der Waals surface area contributed by atoms with Crippen molar-refractivity contribution in [2.45, 2.75) is 11.8 Å².